The minimum absolute atomic E-state index is 0.0728. The zero-order valence-corrected chi connectivity index (χ0v) is 15.0. The quantitative estimate of drug-likeness (QED) is 0.575. The summed E-state index contributed by atoms with van der Waals surface area (Å²) < 4.78 is 37.5. The van der Waals surface area contributed by atoms with E-state index in [1.54, 1.807) is 38.1 Å². The Hall–Kier alpha value is -2.47. The number of aliphatic hydroxyl groups excluding tert-OH is 1. The van der Waals surface area contributed by atoms with E-state index in [4.69, 9.17) is 9.47 Å². The highest BCUT2D eigenvalue weighted by atomic mass is 19.3. The topological polar surface area (TPSA) is 55.8 Å². The number of benzene rings is 2. The van der Waals surface area contributed by atoms with E-state index in [0.717, 1.165) is 11.1 Å². The molecule has 0 aromatic heterocycles. The van der Waals surface area contributed by atoms with Crippen molar-refractivity contribution in [2.24, 2.45) is 0 Å². The van der Waals surface area contributed by atoms with Crippen molar-refractivity contribution >= 4 is 5.97 Å². The van der Waals surface area contributed by atoms with Gasteiger partial charge in [-0.25, -0.2) is 8.78 Å². The summed E-state index contributed by atoms with van der Waals surface area (Å²) in [6, 6.07) is 7.87. The lowest BCUT2D eigenvalue weighted by Gasteiger charge is -2.17. The molecule has 2 rings (SSSR count). The highest BCUT2D eigenvalue weighted by Gasteiger charge is 2.18. The van der Waals surface area contributed by atoms with E-state index >= 15 is 0 Å². The molecular formula is C20H22F2O4. The third-order valence-electron chi connectivity index (χ3n) is 4.15. The molecule has 0 amide bonds. The number of aliphatic hydroxyl groups is 1. The predicted octanol–water partition coefficient (Wildman–Crippen LogP) is 4.63. The van der Waals surface area contributed by atoms with Crippen LogP contribution in [-0.2, 0) is 18.0 Å². The van der Waals surface area contributed by atoms with E-state index in [1.165, 1.54) is 6.07 Å². The molecule has 0 spiro atoms. The Kier molecular flexibility index (Phi) is 6.69. The molecule has 0 saturated heterocycles. The van der Waals surface area contributed by atoms with Crippen LogP contribution < -0.4 is 9.47 Å². The van der Waals surface area contributed by atoms with E-state index in [-0.39, 0.29) is 36.7 Å². The monoisotopic (exact) mass is 364 g/mol. The van der Waals surface area contributed by atoms with Crippen molar-refractivity contribution in [2.75, 3.05) is 0 Å². The normalized spacial score (nSPS) is 10.9. The van der Waals surface area contributed by atoms with Gasteiger partial charge < -0.3 is 14.6 Å². The van der Waals surface area contributed by atoms with Gasteiger partial charge in [0.05, 0.1) is 12.2 Å². The minimum Gasteiger partial charge on any atom is -0.488 e. The number of ether oxygens (including phenoxy) is 2. The van der Waals surface area contributed by atoms with Gasteiger partial charge in [0.2, 0.25) is 0 Å². The first-order chi connectivity index (χ1) is 12.4. The molecule has 0 heterocycles. The zero-order valence-electron chi connectivity index (χ0n) is 15.0. The number of alkyl halides is 2. The molecule has 0 unspecified atom stereocenters. The maximum absolute atomic E-state index is 13.3. The van der Waals surface area contributed by atoms with Gasteiger partial charge in [-0.3, -0.25) is 4.79 Å². The van der Waals surface area contributed by atoms with Gasteiger partial charge in [0.15, 0.2) is 0 Å². The Balaban J connectivity index is 2.35. The molecule has 0 saturated carbocycles. The molecule has 0 atom stereocenters. The van der Waals surface area contributed by atoms with Crippen molar-refractivity contribution in [1.82, 2.24) is 0 Å². The molecule has 1 N–H and O–H groups in total. The molecule has 6 heteroatoms. The van der Waals surface area contributed by atoms with Crippen molar-refractivity contribution in [3.8, 4) is 11.5 Å². The second-order valence-corrected chi connectivity index (χ2v) is 5.94. The summed E-state index contributed by atoms with van der Waals surface area (Å²) in [5.41, 5.74) is 2.35. The first-order valence-corrected chi connectivity index (χ1v) is 8.31. The summed E-state index contributed by atoms with van der Waals surface area (Å²) >= 11 is 0. The molecule has 4 nitrogen and oxygen atoms in total. The fourth-order valence-electron chi connectivity index (χ4n) is 2.47. The third-order valence-corrected chi connectivity index (χ3v) is 4.15. The first kappa shape index (κ1) is 19.8. The van der Waals surface area contributed by atoms with Crippen LogP contribution >= 0.6 is 0 Å². The summed E-state index contributed by atoms with van der Waals surface area (Å²) in [7, 11) is 0. The summed E-state index contributed by atoms with van der Waals surface area (Å²) in [6.07, 6.45) is -2.48. The van der Waals surface area contributed by atoms with E-state index in [0.29, 0.717) is 11.1 Å². The average Bonchev–Trinajstić information content (AvgIpc) is 2.62. The van der Waals surface area contributed by atoms with Crippen molar-refractivity contribution < 1.29 is 28.2 Å². The lowest BCUT2D eigenvalue weighted by molar-refractivity contribution is -0.134. The molecule has 2 aromatic carbocycles. The summed E-state index contributed by atoms with van der Waals surface area (Å²) in [5.74, 6) is -0.102. The summed E-state index contributed by atoms with van der Waals surface area (Å²) in [5, 5.41) is 9.54. The largest absolute Gasteiger partial charge is 0.488 e. The van der Waals surface area contributed by atoms with Crippen LogP contribution in [0.3, 0.4) is 0 Å². The van der Waals surface area contributed by atoms with E-state index in [9.17, 15) is 18.7 Å². The van der Waals surface area contributed by atoms with Crippen LogP contribution in [0.25, 0.3) is 0 Å². The number of hydrogen-bond acceptors (Lipinski definition) is 4. The van der Waals surface area contributed by atoms with E-state index in [2.05, 4.69) is 0 Å². The second-order valence-electron chi connectivity index (χ2n) is 5.94. The SMILES string of the molecule is CCC(=O)Oc1cccc(CO)c1COc1cc(C)c(C)cc1C(F)F. The molecule has 2 aromatic rings. The van der Waals surface area contributed by atoms with Gasteiger partial charge in [-0.05, 0) is 48.7 Å². The van der Waals surface area contributed by atoms with Gasteiger partial charge in [0.1, 0.15) is 18.1 Å². The minimum atomic E-state index is -2.67. The summed E-state index contributed by atoms with van der Waals surface area (Å²) in [6.45, 7) is 4.84. The van der Waals surface area contributed by atoms with Crippen molar-refractivity contribution in [3.63, 3.8) is 0 Å². The number of rotatable bonds is 7. The Morgan fingerprint density at radius 3 is 2.46 bits per heavy atom. The van der Waals surface area contributed by atoms with Gasteiger partial charge in [0, 0.05) is 12.0 Å². The highest BCUT2D eigenvalue weighted by molar-refractivity contribution is 5.72. The van der Waals surface area contributed by atoms with Crippen molar-refractivity contribution in [2.45, 2.75) is 46.8 Å². The van der Waals surface area contributed by atoms with Crippen LogP contribution in [-0.4, -0.2) is 11.1 Å². The Morgan fingerprint density at radius 1 is 1.15 bits per heavy atom. The van der Waals surface area contributed by atoms with Crippen LogP contribution in [0.2, 0.25) is 0 Å². The zero-order chi connectivity index (χ0) is 19.3. The third kappa shape index (κ3) is 4.58. The van der Waals surface area contributed by atoms with E-state index in [1.807, 2.05) is 6.92 Å². The number of carbonyl (C=O) groups excluding carboxylic acids is 1. The summed E-state index contributed by atoms with van der Waals surface area (Å²) in [4.78, 5) is 11.6. The molecule has 0 fully saturated rings. The number of halogens is 2. The molecule has 0 aliphatic heterocycles. The lowest BCUT2D eigenvalue weighted by Crippen LogP contribution is -2.11. The van der Waals surface area contributed by atoms with Gasteiger partial charge >= 0.3 is 5.97 Å². The molecule has 0 bridgehead atoms. The number of esters is 1. The van der Waals surface area contributed by atoms with Crippen LogP contribution in [0, 0.1) is 13.8 Å². The highest BCUT2D eigenvalue weighted by Crippen LogP contribution is 2.33. The standard InChI is InChI=1S/C20H22F2O4/c1-4-19(24)26-17-7-5-6-14(10-23)16(17)11-25-18-9-13(3)12(2)8-15(18)20(21)22/h5-9,20,23H,4,10-11H2,1-3H3. The fraction of sp³-hybridized carbons (Fsp3) is 0.350. The molecule has 0 aliphatic carbocycles. The second kappa shape index (κ2) is 8.76. The Labute approximate surface area is 151 Å². The molecular weight excluding hydrogens is 342 g/mol. The molecule has 26 heavy (non-hydrogen) atoms. The van der Waals surface area contributed by atoms with Crippen LogP contribution in [0.4, 0.5) is 8.78 Å². The van der Waals surface area contributed by atoms with E-state index < -0.39 is 12.4 Å². The first-order valence-electron chi connectivity index (χ1n) is 8.31. The predicted molar refractivity (Wildman–Crippen MR) is 93.5 cm³/mol. The van der Waals surface area contributed by atoms with Crippen molar-refractivity contribution in [1.29, 1.82) is 0 Å². The maximum atomic E-state index is 13.3. The van der Waals surface area contributed by atoms with Gasteiger partial charge in [-0.15, -0.1) is 0 Å². The van der Waals surface area contributed by atoms with Gasteiger partial charge in [0.25, 0.3) is 6.43 Å². The molecule has 140 valence electrons. The van der Waals surface area contributed by atoms with Crippen LogP contribution in [0.5, 0.6) is 11.5 Å². The van der Waals surface area contributed by atoms with Gasteiger partial charge in [-0.1, -0.05) is 19.1 Å². The molecule has 0 radical (unpaired) electrons. The van der Waals surface area contributed by atoms with Crippen LogP contribution in [0.1, 0.15) is 47.6 Å². The number of carbonyl (C=O) groups is 1. The Bertz CT molecular complexity index is 788. The maximum Gasteiger partial charge on any atom is 0.310 e. The van der Waals surface area contributed by atoms with Gasteiger partial charge in [-0.2, -0.15) is 0 Å². The smallest absolute Gasteiger partial charge is 0.310 e. The van der Waals surface area contributed by atoms with Crippen LogP contribution in [0.15, 0.2) is 30.3 Å². The number of hydrogen-bond donors (Lipinski definition) is 1. The molecule has 0 aliphatic rings. The lowest BCUT2D eigenvalue weighted by atomic mass is 10.0. The fourth-order valence-corrected chi connectivity index (χ4v) is 2.47. The average molecular weight is 364 g/mol. The number of aryl methyl sites for hydroxylation is 2. The Morgan fingerprint density at radius 2 is 1.85 bits per heavy atom. The van der Waals surface area contributed by atoms with Crippen molar-refractivity contribution in [3.05, 3.63) is 58.1 Å².